The molecular formula is C28H31F3N4O3S. The molecule has 4 bridgehead atoms. The van der Waals surface area contributed by atoms with Crippen LogP contribution in [0, 0.1) is 0 Å². The van der Waals surface area contributed by atoms with E-state index < -0.39 is 33.8 Å². The van der Waals surface area contributed by atoms with Crippen molar-refractivity contribution in [3.05, 3.63) is 65.7 Å². The van der Waals surface area contributed by atoms with Crippen LogP contribution in [-0.4, -0.2) is 37.3 Å². The third-order valence-corrected chi connectivity index (χ3v) is 7.58. The van der Waals surface area contributed by atoms with Crippen molar-refractivity contribution in [3.8, 4) is 11.3 Å². The molecule has 1 aliphatic heterocycles. The van der Waals surface area contributed by atoms with Gasteiger partial charge in [0.25, 0.3) is 10.0 Å². The number of pyridine rings is 2. The highest BCUT2D eigenvalue weighted by molar-refractivity contribution is 7.92. The van der Waals surface area contributed by atoms with E-state index in [4.69, 9.17) is 2.74 Å². The first-order valence-corrected chi connectivity index (χ1v) is 14.1. The third kappa shape index (κ3) is 7.35. The zero-order valence-electron chi connectivity index (χ0n) is 23.5. The summed E-state index contributed by atoms with van der Waals surface area (Å²) in [5, 5.41) is -0.337. The average Bonchev–Trinajstić information content (AvgIpc) is 2.88. The molecule has 1 N–H and O–H groups in total. The Kier molecular flexibility index (Phi) is 8.03. The fourth-order valence-electron chi connectivity index (χ4n) is 4.41. The molecule has 3 heterocycles. The average molecular weight is 563 g/mol. The number of rotatable bonds is 4. The van der Waals surface area contributed by atoms with Gasteiger partial charge in [-0.25, -0.2) is 9.97 Å². The molecule has 0 fully saturated rings. The summed E-state index contributed by atoms with van der Waals surface area (Å²) in [5.74, 6) is 0.0544. The molecule has 0 aliphatic carbocycles. The Labute approximate surface area is 229 Å². The van der Waals surface area contributed by atoms with Crippen LogP contribution >= 0.6 is 0 Å². The number of fused-ring (bicyclic) bond motifs is 6. The molecule has 2 aromatic heterocycles. The summed E-state index contributed by atoms with van der Waals surface area (Å²) in [6, 6.07) is 12.3. The van der Waals surface area contributed by atoms with Crippen LogP contribution in [0.4, 0.5) is 24.8 Å². The standard InChI is InChI=1S/C28H31F3N4O3S/c1-20(36)10-9-19-35-18-7-3-2-4-11-21-12-5-6-13-22(21)27-23(28(29,30)31)16-17-24(32-27)34-39(37,38)26-15-8-14-25(35)33-26/h5-6,8,12-17H,2-4,7,9-11,18-19H2,1H3,(H,32,34)/i4D2. The van der Waals surface area contributed by atoms with Gasteiger partial charge < -0.3 is 9.69 Å². The molecule has 4 rings (SSSR count). The lowest BCUT2D eigenvalue weighted by Gasteiger charge is -2.24. The van der Waals surface area contributed by atoms with Crippen LogP contribution in [0.25, 0.3) is 11.3 Å². The Morgan fingerprint density at radius 2 is 1.85 bits per heavy atom. The molecule has 1 aliphatic rings. The van der Waals surface area contributed by atoms with Crippen LogP contribution in [0.3, 0.4) is 0 Å². The molecule has 0 radical (unpaired) electrons. The molecule has 0 unspecified atom stereocenters. The Bertz CT molecular complexity index is 1520. The molecular weight excluding hydrogens is 529 g/mol. The Morgan fingerprint density at radius 1 is 1.05 bits per heavy atom. The number of nitrogens with zero attached hydrogens (tertiary/aromatic N) is 3. The molecule has 11 heteroatoms. The highest BCUT2D eigenvalue weighted by atomic mass is 32.2. The van der Waals surface area contributed by atoms with Gasteiger partial charge in [0.1, 0.15) is 17.4 Å². The minimum absolute atomic E-state index is 0.0286. The number of anilines is 2. The summed E-state index contributed by atoms with van der Waals surface area (Å²) in [6.07, 6.45) is -4.60. The smallest absolute Gasteiger partial charge is 0.357 e. The van der Waals surface area contributed by atoms with Crippen molar-refractivity contribution in [1.82, 2.24) is 9.97 Å². The van der Waals surface area contributed by atoms with Crippen molar-refractivity contribution in [2.75, 3.05) is 22.7 Å². The Hall–Kier alpha value is -3.47. The van der Waals surface area contributed by atoms with Crippen LogP contribution in [0.5, 0.6) is 0 Å². The van der Waals surface area contributed by atoms with Crippen molar-refractivity contribution in [3.63, 3.8) is 0 Å². The normalized spacial score (nSPS) is 18.1. The molecule has 208 valence electrons. The number of hydrogen-bond acceptors (Lipinski definition) is 6. The first-order valence-electron chi connectivity index (χ1n) is 13.7. The van der Waals surface area contributed by atoms with E-state index in [1.807, 2.05) is 4.90 Å². The number of hydrogen-bond donors (Lipinski definition) is 1. The van der Waals surface area contributed by atoms with Crippen molar-refractivity contribution in [1.29, 1.82) is 0 Å². The minimum Gasteiger partial charge on any atom is -0.357 e. The Balaban J connectivity index is 1.82. The SMILES string of the molecule is [2H]C1([2H])CCCCN(CCCC(C)=O)c2cccc(n2)S(=O)(=O)Nc2ccc(C(F)(F)F)c(n2)-c2ccccc2C1. The molecule has 0 spiro atoms. The number of carbonyl (C=O) groups excluding carboxylic acids is 1. The number of sulfonamides is 1. The summed E-state index contributed by atoms with van der Waals surface area (Å²) in [5.41, 5.74) is -1.15. The van der Waals surface area contributed by atoms with Gasteiger partial charge in [-0.3, -0.25) is 4.72 Å². The summed E-state index contributed by atoms with van der Waals surface area (Å²) in [4.78, 5) is 21.8. The van der Waals surface area contributed by atoms with Crippen LogP contribution in [-0.2, 0) is 27.4 Å². The molecule has 0 amide bonds. The zero-order valence-corrected chi connectivity index (χ0v) is 22.3. The second-order valence-corrected chi connectivity index (χ2v) is 11.0. The second kappa shape index (κ2) is 12.1. The van der Waals surface area contributed by atoms with Gasteiger partial charge in [0.2, 0.25) is 0 Å². The number of ketones is 1. The highest BCUT2D eigenvalue weighted by Crippen LogP contribution is 2.38. The number of Topliss-reactive ketones (excluding diaryl/α,β-unsaturated/α-hetero) is 1. The largest absolute Gasteiger partial charge is 0.418 e. The van der Waals surface area contributed by atoms with Crippen molar-refractivity contribution >= 4 is 27.4 Å². The zero-order chi connectivity index (χ0) is 29.8. The molecule has 0 saturated heterocycles. The first kappa shape index (κ1) is 25.8. The lowest BCUT2D eigenvalue weighted by atomic mass is 9.96. The third-order valence-electron chi connectivity index (χ3n) is 6.32. The van der Waals surface area contributed by atoms with Gasteiger partial charge >= 0.3 is 6.18 Å². The number of benzene rings is 1. The van der Waals surface area contributed by atoms with E-state index in [1.165, 1.54) is 31.2 Å². The van der Waals surface area contributed by atoms with Crippen molar-refractivity contribution in [2.45, 2.75) is 63.0 Å². The molecule has 1 aromatic carbocycles. The van der Waals surface area contributed by atoms with Crippen LogP contribution in [0.1, 0.15) is 59.3 Å². The van der Waals surface area contributed by atoms with Gasteiger partial charge in [-0.2, -0.15) is 21.6 Å². The molecule has 7 nitrogen and oxygen atoms in total. The van der Waals surface area contributed by atoms with E-state index in [0.717, 1.165) is 12.1 Å². The van der Waals surface area contributed by atoms with E-state index in [9.17, 15) is 26.4 Å². The van der Waals surface area contributed by atoms with E-state index in [-0.39, 0.29) is 35.0 Å². The maximum atomic E-state index is 14.0. The van der Waals surface area contributed by atoms with Crippen LogP contribution < -0.4 is 9.62 Å². The number of aromatic nitrogens is 2. The predicted molar refractivity (Wildman–Crippen MR) is 144 cm³/mol. The van der Waals surface area contributed by atoms with Crippen molar-refractivity contribution < 1.29 is 29.1 Å². The maximum Gasteiger partial charge on any atom is 0.418 e. The van der Waals surface area contributed by atoms with Crippen LogP contribution in [0.15, 0.2) is 59.6 Å². The van der Waals surface area contributed by atoms with E-state index in [0.29, 0.717) is 50.2 Å². The predicted octanol–water partition coefficient (Wildman–Crippen LogP) is 6.26. The molecule has 0 saturated carbocycles. The number of alkyl halides is 3. The lowest BCUT2D eigenvalue weighted by Crippen LogP contribution is -2.28. The topological polar surface area (TPSA) is 92.3 Å². The fourth-order valence-corrected chi connectivity index (χ4v) is 5.38. The van der Waals surface area contributed by atoms with Crippen molar-refractivity contribution in [2.24, 2.45) is 0 Å². The summed E-state index contributed by atoms with van der Waals surface area (Å²) in [6.45, 7) is 2.38. The van der Waals surface area contributed by atoms with E-state index in [2.05, 4.69) is 14.7 Å². The van der Waals surface area contributed by atoms with Gasteiger partial charge in [0.05, 0.1) is 11.3 Å². The number of carbonyl (C=O) groups is 1. The quantitative estimate of drug-likeness (QED) is 0.404. The molecule has 3 aromatic rings. The number of aryl methyl sites for hydroxylation is 1. The lowest BCUT2D eigenvalue weighted by molar-refractivity contribution is -0.137. The van der Waals surface area contributed by atoms with Gasteiger partial charge in [0, 0.05) is 27.8 Å². The Morgan fingerprint density at radius 3 is 2.62 bits per heavy atom. The van der Waals surface area contributed by atoms with Gasteiger partial charge in [-0.15, -0.1) is 0 Å². The summed E-state index contributed by atoms with van der Waals surface area (Å²) in [7, 11) is -4.34. The first-order chi connectivity index (χ1) is 19.2. The number of nitrogens with one attached hydrogen (secondary N) is 1. The van der Waals surface area contributed by atoms with Gasteiger partial charge in [-0.05, 0) is 62.4 Å². The van der Waals surface area contributed by atoms with E-state index in [1.54, 1.807) is 18.2 Å². The summed E-state index contributed by atoms with van der Waals surface area (Å²) >= 11 is 0. The minimum atomic E-state index is -4.79. The second-order valence-electron chi connectivity index (χ2n) is 9.36. The molecule has 0 atom stereocenters. The van der Waals surface area contributed by atoms with E-state index >= 15 is 0 Å². The number of halogens is 3. The summed E-state index contributed by atoms with van der Waals surface area (Å²) < 4.78 is 88.2. The van der Waals surface area contributed by atoms with Gasteiger partial charge in [0.15, 0.2) is 5.03 Å². The van der Waals surface area contributed by atoms with Crippen LogP contribution in [0.2, 0.25) is 0 Å². The maximum absolute atomic E-state index is 14.0. The molecule has 39 heavy (non-hydrogen) atoms. The monoisotopic (exact) mass is 562 g/mol. The highest BCUT2D eigenvalue weighted by Gasteiger charge is 2.35. The fraction of sp³-hybridized carbons (Fsp3) is 0.393. The van der Waals surface area contributed by atoms with Gasteiger partial charge in [-0.1, -0.05) is 43.2 Å².